The van der Waals surface area contributed by atoms with Gasteiger partial charge in [0.2, 0.25) is 8.32 Å². The summed E-state index contributed by atoms with van der Waals surface area (Å²) in [4.78, 5) is 13.2. The fraction of sp³-hybridized carbons (Fsp3) is 0.571. The maximum atomic E-state index is 13.8. The molecule has 3 atom stereocenters. The van der Waals surface area contributed by atoms with Crippen LogP contribution in [0.25, 0.3) is 0 Å². The SMILES string of the molecule is COC(=O)C1(S(=O)(=O)c2ccccc2)C[C@@H](C2OCCO2)C(O[Si](C)(C)C)=C[C@H]1C. The molecule has 1 aromatic rings. The molecule has 1 unspecified atom stereocenters. The number of ether oxygens (including phenoxy) is 3. The molecule has 1 aliphatic carbocycles. The highest BCUT2D eigenvalue weighted by Gasteiger charge is 2.60. The number of sulfone groups is 1. The molecule has 3 rings (SSSR count). The van der Waals surface area contributed by atoms with Crippen LogP contribution >= 0.6 is 0 Å². The summed E-state index contributed by atoms with van der Waals surface area (Å²) >= 11 is 0. The van der Waals surface area contributed by atoms with Crippen LogP contribution in [-0.4, -0.2) is 54.1 Å². The smallest absolute Gasteiger partial charge is 0.328 e. The molecule has 1 fully saturated rings. The Hall–Kier alpha value is -1.68. The number of hydrogen-bond donors (Lipinski definition) is 0. The van der Waals surface area contributed by atoms with E-state index in [2.05, 4.69) is 19.6 Å². The summed E-state index contributed by atoms with van der Waals surface area (Å²) in [7, 11) is -4.88. The largest absolute Gasteiger partial charge is 0.547 e. The van der Waals surface area contributed by atoms with Gasteiger partial charge >= 0.3 is 5.97 Å². The van der Waals surface area contributed by atoms with E-state index in [9.17, 15) is 13.2 Å². The second kappa shape index (κ2) is 8.45. The lowest BCUT2D eigenvalue weighted by Crippen LogP contribution is -2.56. The average molecular weight is 455 g/mol. The second-order valence-corrected chi connectivity index (χ2v) is 15.3. The predicted octanol–water partition coefficient (Wildman–Crippen LogP) is 3.14. The maximum absolute atomic E-state index is 13.8. The molecule has 1 aliphatic heterocycles. The molecule has 30 heavy (non-hydrogen) atoms. The monoisotopic (exact) mass is 454 g/mol. The average Bonchev–Trinajstić information content (AvgIpc) is 3.21. The normalized spacial score (nSPS) is 28.1. The van der Waals surface area contributed by atoms with E-state index in [0.717, 1.165) is 0 Å². The van der Waals surface area contributed by atoms with E-state index >= 15 is 0 Å². The van der Waals surface area contributed by atoms with Crippen molar-refractivity contribution in [3.63, 3.8) is 0 Å². The second-order valence-electron chi connectivity index (χ2n) is 8.69. The molecular weight excluding hydrogens is 424 g/mol. The van der Waals surface area contributed by atoms with Crippen LogP contribution in [0.2, 0.25) is 19.6 Å². The molecule has 2 aliphatic rings. The number of carbonyl (C=O) groups is 1. The standard InChI is InChI=1S/C21H30O7SSi/c1-15-13-18(28-30(3,4)5)17(19-26-11-12-27-19)14-21(15,20(22)25-2)29(23,24)16-9-7-6-8-10-16/h6-10,13,15,17,19H,11-12,14H2,1-5H3/t15-,17-,21?/m1/s1. The molecule has 9 heteroatoms. The summed E-state index contributed by atoms with van der Waals surface area (Å²) in [6, 6.07) is 8.02. The van der Waals surface area contributed by atoms with Gasteiger partial charge in [-0.3, -0.25) is 4.79 Å². The van der Waals surface area contributed by atoms with Crippen molar-refractivity contribution < 1.29 is 31.8 Å². The Bertz CT molecular complexity index is 901. The van der Waals surface area contributed by atoms with Crippen LogP contribution in [0.4, 0.5) is 0 Å². The number of rotatable bonds is 6. The first-order chi connectivity index (χ1) is 14.0. The van der Waals surface area contributed by atoms with Crippen LogP contribution in [0, 0.1) is 11.8 Å². The zero-order chi connectivity index (χ0) is 22.2. The van der Waals surface area contributed by atoms with Crippen molar-refractivity contribution >= 4 is 24.1 Å². The number of hydrogen-bond acceptors (Lipinski definition) is 7. The van der Waals surface area contributed by atoms with Crippen molar-refractivity contribution in [1.82, 2.24) is 0 Å². The van der Waals surface area contributed by atoms with Gasteiger partial charge in [-0.25, -0.2) is 8.42 Å². The lowest BCUT2D eigenvalue weighted by molar-refractivity contribution is -0.147. The quantitative estimate of drug-likeness (QED) is 0.482. The fourth-order valence-electron chi connectivity index (χ4n) is 4.14. The van der Waals surface area contributed by atoms with Crippen LogP contribution in [0.5, 0.6) is 0 Å². The lowest BCUT2D eigenvalue weighted by Gasteiger charge is -2.43. The number of carbonyl (C=O) groups excluding carboxylic acids is 1. The van der Waals surface area contributed by atoms with Gasteiger partial charge in [0.25, 0.3) is 0 Å². The van der Waals surface area contributed by atoms with Gasteiger partial charge in [-0.2, -0.15) is 0 Å². The molecule has 7 nitrogen and oxygen atoms in total. The summed E-state index contributed by atoms with van der Waals surface area (Å²) in [5.74, 6) is -1.35. The number of esters is 1. The zero-order valence-corrected chi connectivity index (χ0v) is 19.9. The Morgan fingerprint density at radius 2 is 1.73 bits per heavy atom. The summed E-state index contributed by atoms with van der Waals surface area (Å²) < 4.78 is 48.6. The number of benzene rings is 1. The molecule has 0 bridgehead atoms. The number of allylic oxidation sites excluding steroid dienone is 1. The van der Waals surface area contributed by atoms with Gasteiger partial charge in [0, 0.05) is 5.92 Å². The minimum atomic E-state index is -4.09. The topological polar surface area (TPSA) is 88.1 Å². The summed E-state index contributed by atoms with van der Waals surface area (Å²) in [5.41, 5.74) is 0. The van der Waals surface area contributed by atoms with E-state index in [1.165, 1.54) is 19.2 Å². The van der Waals surface area contributed by atoms with E-state index in [1.807, 2.05) is 0 Å². The van der Waals surface area contributed by atoms with Gasteiger partial charge in [-0.05, 0) is 44.3 Å². The number of methoxy groups -OCH3 is 1. The Kier molecular flexibility index (Phi) is 6.48. The molecule has 166 valence electrons. The maximum Gasteiger partial charge on any atom is 0.328 e. The summed E-state index contributed by atoms with van der Waals surface area (Å²) in [5, 5.41) is 0. The van der Waals surface area contributed by atoms with Crippen molar-refractivity contribution in [2.24, 2.45) is 11.8 Å². The highest BCUT2D eigenvalue weighted by atomic mass is 32.2. The van der Waals surface area contributed by atoms with Crippen LogP contribution < -0.4 is 0 Å². The van der Waals surface area contributed by atoms with Crippen molar-refractivity contribution in [3.8, 4) is 0 Å². The van der Waals surface area contributed by atoms with E-state index in [1.54, 1.807) is 31.2 Å². The van der Waals surface area contributed by atoms with E-state index < -0.39 is 47.0 Å². The first-order valence-corrected chi connectivity index (χ1v) is 14.9. The molecule has 1 saturated heterocycles. The van der Waals surface area contributed by atoms with Crippen molar-refractivity contribution in [1.29, 1.82) is 0 Å². The van der Waals surface area contributed by atoms with Gasteiger partial charge in [0.1, 0.15) is 0 Å². The first kappa shape index (κ1) is 23.0. The Balaban J connectivity index is 2.17. The third kappa shape index (κ3) is 4.08. The molecule has 0 N–H and O–H groups in total. The van der Waals surface area contributed by atoms with Gasteiger partial charge in [-0.1, -0.05) is 25.1 Å². The Labute approximate surface area is 179 Å². The highest BCUT2D eigenvalue weighted by Crippen LogP contribution is 2.48. The Morgan fingerprint density at radius 1 is 1.13 bits per heavy atom. The van der Waals surface area contributed by atoms with Crippen molar-refractivity contribution in [3.05, 3.63) is 42.2 Å². The lowest BCUT2D eigenvalue weighted by atomic mass is 9.77. The Morgan fingerprint density at radius 3 is 2.27 bits per heavy atom. The third-order valence-corrected chi connectivity index (χ3v) is 8.91. The fourth-order valence-corrected chi connectivity index (χ4v) is 7.26. The van der Waals surface area contributed by atoms with Gasteiger partial charge in [-0.15, -0.1) is 0 Å². The molecule has 0 saturated carbocycles. The van der Waals surface area contributed by atoms with E-state index in [4.69, 9.17) is 18.6 Å². The highest BCUT2D eigenvalue weighted by molar-refractivity contribution is 7.93. The molecular formula is C21H30O7SSi. The molecule has 0 spiro atoms. The van der Waals surface area contributed by atoms with Gasteiger partial charge < -0.3 is 18.6 Å². The molecule has 1 heterocycles. The zero-order valence-electron chi connectivity index (χ0n) is 18.1. The summed E-state index contributed by atoms with van der Waals surface area (Å²) in [6.07, 6.45) is 1.03. The van der Waals surface area contributed by atoms with Crippen LogP contribution in [0.1, 0.15) is 13.3 Å². The van der Waals surface area contributed by atoms with Crippen LogP contribution in [0.15, 0.2) is 47.1 Å². The molecule has 0 aromatic heterocycles. The van der Waals surface area contributed by atoms with E-state index in [0.29, 0.717) is 19.0 Å². The first-order valence-electron chi connectivity index (χ1n) is 10.0. The minimum Gasteiger partial charge on any atom is -0.547 e. The predicted molar refractivity (Wildman–Crippen MR) is 114 cm³/mol. The molecule has 1 aromatic carbocycles. The van der Waals surface area contributed by atoms with Gasteiger partial charge in [0.15, 0.2) is 20.9 Å². The van der Waals surface area contributed by atoms with E-state index in [-0.39, 0.29) is 11.3 Å². The van der Waals surface area contributed by atoms with Crippen molar-refractivity contribution in [2.45, 2.75) is 48.9 Å². The molecule has 0 amide bonds. The minimum absolute atomic E-state index is 0.0426. The summed E-state index contributed by atoms with van der Waals surface area (Å²) in [6.45, 7) is 8.69. The molecule has 0 radical (unpaired) electrons. The third-order valence-electron chi connectivity index (χ3n) is 5.50. The van der Waals surface area contributed by atoms with Gasteiger partial charge in [0.05, 0.1) is 36.9 Å². The van der Waals surface area contributed by atoms with Crippen LogP contribution in [0.3, 0.4) is 0 Å². The van der Waals surface area contributed by atoms with Crippen LogP contribution in [-0.2, 0) is 33.3 Å². The van der Waals surface area contributed by atoms with Crippen molar-refractivity contribution in [2.75, 3.05) is 20.3 Å².